The maximum Gasteiger partial charge on any atom is 0.0503 e. The molecule has 1 fully saturated rings. The minimum atomic E-state index is 0.0482. The molecule has 0 spiro atoms. The summed E-state index contributed by atoms with van der Waals surface area (Å²) in [6, 6.07) is 0. The smallest absolute Gasteiger partial charge is 0.0503 e. The van der Waals surface area contributed by atoms with Gasteiger partial charge in [0.1, 0.15) is 0 Å². The van der Waals surface area contributed by atoms with Gasteiger partial charge in [-0.25, -0.2) is 0 Å². The van der Waals surface area contributed by atoms with Crippen molar-refractivity contribution in [1.82, 2.24) is 0 Å². The molecule has 1 rings (SSSR count). The second-order valence-electron chi connectivity index (χ2n) is 9.14. The normalized spacial score (nSPS) is 24.7. The van der Waals surface area contributed by atoms with Crippen molar-refractivity contribution in [2.45, 2.75) is 62.3 Å². The lowest BCUT2D eigenvalue weighted by atomic mass is 9.97. The summed E-state index contributed by atoms with van der Waals surface area (Å²) in [6.07, 6.45) is 0. The van der Waals surface area contributed by atoms with Crippen molar-refractivity contribution in [3.8, 4) is 35.5 Å². The van der Waals surface area contributed by atoms with E-state index in [9.17, 15) is 0 Å². The summed E-state index contributed by atoms with van der Waals surface area (Å²) in [5, 5.41) is 0. The van der Waals surface area contributed by atoms with Gasteiger partial charge in [-0.3, -0.25) is 0 Å². The minimum Gasteiger partial charge on any atom is -0.0970 e. The lowest BCUT2D eigenvalue weighted by Gasteiger charge is -2.07. The van der Waals surface area contributed by atoms with Crippen LogP contribution in [0.5, 0.6) is 0 Å². The van der Waals surface area contributed by atoms with Crippen molar-refractivity contribution >= 4 is 0 Å². The monoisotopic (exact) mass is 282 g/mol. The van der Waals surface area contributed by atoms with E-state index in [1.165, 1.54) is 0 Å². The first-order chi connectivity index (χ1) is 9.29. The summed E-state index contributed by atoms with van der Waals surface area (Å²) in [5.41, 5.74) is 0.145. The van der Waals surface area contributed by atoms with Crippen LogP contribution in [0.15, 0.2) is 0 Å². The molecule has 0 aliphatic heterocycles. The second-order valence-corrected chi connectivity index (χ2v) is 9.14. The second kappa shape index (κ2) is 5.82. The summed E-state index contributed by atoms with van der Waals surface area (Å²) in [7, 11) is 0. The molecule has 0 aromatic rings. The molecular formula is C21H30. The van der Waals surface area contributed by atoms with E-state index in [1.807, 2.05) is 0 Å². The van der Waals surface area contributed by atoms with Crippen molar-refractivity contribution < 1.29 is 0 Å². The fourth-order valence-electron chi connectivity index (χ4n) is 1.75. The molecule has 0 nitrogen and oxygen atoms in total. The highest BCUT2D eigenvalue weighted by Gasteiger charge is 2.48. The van der Waals surface area contributed by atoms with Crippen LogP contribution in [-0.2, 0) is 0 Å². The molecule has 0 unspecified atom stereocenters. The predicted molar refractivity (Wildman–Crippen MR) is 92.2 cm³/mol. The lowest BCUT2D eigenvalue weighted by Crippen LogP contribution is -2.00. The Kier molecular flexibility index (Phi) is 4.91. The van der Waals surface area contributed by atoms with Crippen LogP contribution in [-0.4, -0.2) is 0 Å². The maximum absolute atomic E-state index is 3.41. The van der Waals surface area contributed by atoms with Gasteiger partial charge < -0.3 is 0 Å². The molecule has 0 aromatic carbocycles. The van der Waals surface area contributed by atoms with Crippen LogP contribution in [0.1, 0.15) is 62.3 Å². The Morgan fingerprint density at radius 1 is 0.429 bits per heavy atom. The summed E-state index contributed by atoms with van der Waals surface area (Å²) in [4.78, 5) is 0. The zero-order valence-corrected chi connectivity index (χ0v) is 15.2. The highest BCUT2D eigenvalue weighted by molar-refractivity contribution is 5.36. The van der Waals surface area contributed by atoms with Crippen LogP contribution in [0.4, 0.5) is 0 Å². The Morgan fingerprint density at radius 2 is 0.619 bits per heavy atom. The molecule has 0 heterocycles. The van der Waals surface area contributed by atoms with E-state index in [-0.39, 0.29) is 16.2 Å². The van der Waals surface area contributed by atoms with E-state index in [2.05, 4.69) is 97.8 Å². The standard InChI is InChI=1S/C21H30/c1-19(2,3)13-10-16-17(11-14-20(4,5)6)18(16)12-15-21(7,8)9/h16-18H,1-9H3. The number of hydrogen-bond donors (Lipinski definition) is 0. The van der Waals surface area contributed by atoms with Crippen LogP contribution in [0.25, 0.3) is 0 Å². The summed E-state index contributed by atoms with van der Waals surface area (Å²) >= 11 is 0. The van der Waals surface area contributed by atoms with Crippen molar-refractivity contribution in [2.75, 3.05) is 0 Å². The molecule has 0 heteroatoms. The van der Waals surface area contributed by atoms with Gasteiger partial charge in [0, 0.05) is 16.2 Å². The van der Waals surface area contributed by atoms with Crippen molar-refractivity contribution in [1.29, 1.82) is 0 Å². The fraction of sp³-hybridized carbons (Fsp3) is 0.714. The predicted octanol–water partition coefficient (Wildman–Crippen LogP) is 5.00. The third-order valence-electron chi connectivity index (χ3n) is 2.86. The molecule has 0 atom stereocenters. The van der Waals surface area contributed by atoms with E-state index in [0.29, 0.717) is 17.8 Å². The zero-order chi connectivity index (χ0) is 16.5. The molecule has 1 aliphatic rings. The van der Waals surface area contributed by atoms with Crippen LogP contribution in [0, 0.1) is 69.5 Å². The Morgan fingerprint density at radius 3 is 0.762 bits per heavy atom. The molecule has 114 valence electrons. The summed E-state index contributed by atoms with van der Waals surface area (Å²) in [5.74, 6) is 21.3. The van der Waals surface area contributed by atoms with Gasteiger partial charge >= 0.3 is 0 Å². The molecule has 1 aliphatic carbocycles. The summed E-state index contributed by atoms with van der Waals surface area (Å²) in [6.45, 7) is 19.3. The van der Waals surface area contributed by atoms with E-state index in [1.54, 1.807) is 0 Å². The number of hydrogen-bond acceptors (Lipinski definition) is 0. The van der Waals surface area contributed by atoms with Gasteiger partial charge in [0.25, 0.3) is 0 Å². The average molecular weight is 282 g/mol. The van der Waals surface area contributed by atoms with Gasteiger partial charge in [0.15, 0.2) is 0 Å². The van der Waals surface area contributed by atoms with Gasteiger partial charge in [-0.15, -0.1) is 0 Å². The van der Waals surface area contributed by atoms with Crippen molar-refractivity contribution in [3.05, 3.63) is 0 Å². The van der Waals surface area contributed by atoms with E-state index < -0.39 is 0 Å². The van der Waals surface area contributed by atoms with Crippen LogP contribution in [0.3, 0.4) is 0 Å². The topological polar surface area (TPSA) is 0 Å². The first kappa shape index (κ1) is 17.7. The Balaban J connectivity index is 2.94. The largest absolute Gasteiger partial charge is 0.0970 e. The maximum atomic E-state index is 3.41. The third-order valence-corrected chi connectivity index (χ3v) is 2.86. The molecule has 1 saturated carbocycles. The Bertz CT molecular complexity index is 459. The van der Waals surface area contributed by atoms with Gasteiger partial charge in [-0.05, 0) is 62.3 Å². The molecule has 0 radical (unpaired) electrons. The molecular weight excluding hydrogens is 252 g/mol. The van der Waals surface area contributed by atoms with E-state index in [0.717, 1.165) is 0 Å². The molecule has 21 heavy (non-hydrogen) atoms. The molecule has 0 aromatic heterocycles. The van der Waals surface area contributed by atoms with Crippen molar-refractivity contribution in [2.24, 2.45) is 34.0 Å². The Labute approximate surface area is 132 Å². The van der Waals surface area contributed by atoms with Crippen LogP contribution in [0.2, 0.25) is 0 Å². The molecule has 0 bridgehead atoms. The van der Waals surface area contributed by atoms with Crippen LogP contribution < -0.4 is 0 Å². The highest BCUT2D eigenvalue weighted by atomic mass is 14.5. The van der Waals surface area contributed by atoms with Gasteiger partial charge in [-0.2, -0.15) is 0 Å². The Hall–Kier alpha value is -1.32. The third kappa shape index (κ3) is 7.30. The fourth-order valence-corrected chi connectivity index (χ4v) is 1.75. The first-order valence-corrected chi connectivity index (χ1v) is 7.87. The quantitative estimate of drug-likeness (QED) is 0.549. The van der Waals surface area contributed by atoms with E-state index >= 15 is 0 Å². The highest BCUT2D eigenvalue weighted by Crippen LogP contribution is 2.45. The average Bonchev–Trinajstić information content (AvgIpc) is 2.90. The molecule has 0 N–H and O–H groups in total. The van der Waals surface area contributed by atoms with E-state index in [4.69, 9.17) is 0 Å². The van der Waals surface area contributed by atoms with Gasteiger partial charge in [0.05, 0.1) is 17.8 Å². The van der Waals surface area contributed by atoms with Crippen LogP contribution >= 0.6 is 0 Å². The molecule has 0 amide bonds. The summed E-state index contributed by atoms with van der Waals surface area (Å²) < 4.78 is 0. The number of rotatable bonds is 0. The van der Waals surface area contributed by atoms with Crippen molar-refractivity contribution in [3.63, 3.8) is 0 Å². The van der Waals surface area contributed by atoms with Gasteiger partial charge in [0.2, 0.25) is 0 Å². The SMILES string of the molecule is CC(C)(C)C#CC1C(C#CC(C)(C)C)C1C#CC(C)(C)C. The molecule has 0 saturated heterocycles. The lowest BCUT2D eigenvalue weighted by molar-refractivity contribution is 0.568. The zero-order valence-electron chi connectivity index (χ0n) is 15.2. The first-order valence-electron chi connectivity index (χ1n) is 7.87. The minimum absolute atomic E-state index is 0.0482. The van der Waals surface area contributed by atoms with Gasteiger partial charge in [-0.1, -0.05) is 35.5 Å².